The van der Waals surface area contributed by atoms with Crippen LogP contribution >= 0.6 is 0 Å². The number of nitrogens with two attached hydrogens (primary N) is 1. The molecule has 38 heavy (non-hydrogen) atoms. The Morgan fingerprint density at radius 3 is 2.63 bits per heavy atom. The molecule has 0 bridgehead atoms. The maximum Gasteiger partial charge on any atom is 0.223 e. The zero-order valence-electron chi connectivity index (χ0n) is 22.4. The van der Waals surface area contributed by atoms with Crippen molar-refractivity contribution in [2.45, 2.75) is 70.5 Å². The average Bonchev–Trinajstić information content (AvgIpc) is 3.35. The number of aryl methyl sites for hydroxylation is 1. The molecule has 0 spiro atoms. The first kappa shape index (κ1) is 25.8. The Hall–Kier alpha value is -3.81. The molecule has 3 aromatic rings. The minimum Gasteiger partial charge on any atom is -0.457 e. The summed E-state index contributed by atoms with van der Waals surface area (Å²) >= 11 is 0. The Morgan fingerprint density at radius 2 is 1.89 bits per heavy atom. The number of nitrogens with zero attached hydrogens (tertiary/aromatic N) is 5. The van der Waals surface area contributed by atoms with E-state index in [-0.39, 0.29) is 11.9 Å². The molecule has 2 N–H and O–H groups in total. The van der Waals surface area contributed by atoms with E-state index in [4.69, 9.17) is 10.5 Å². The van der Waals surface area contributed by atoms with Gasteiger partial charge >= 0.3 is 0 Å². The van der Waals surface area contributed by atoms with Gasteiger partial charge in [0.15, 0.2) is 5.96 Å². The maximum atomic E-state index is 13.5. The summed E-state index contributed by atoms with van der Waals surface area (Å²) in [5.74, 6) is 2.27. The van der Waals surface area contributed by atoms with Crippen LogP contribution in [0.15, 0.2) is 65.9 Å². The normalized spacial score (nSPS) is 17.6. The number of amides is 1. The highest BCUT2D eigenvalue weighted by Gasteiger charge is 2.28. The molecule has 0 radical (unpaired) electrons. The number of rotatable bonds is 9. The van der Waals surface area contributed by atoms with Gasteiger partial charge < -0.3 is 20.3 Å². The summed E-state index contributed by atoms with van der Waals surface area (Å²) in [6.07, 6.45) is 10.9. The number of hydrogen-bond donors (Lipinski definition) is 1. The van der Waals surface area contributed by atoms with Gasteiger partial charge in [0.1, 0.15) is 11.5 Å². The summed E-state index contributed by atoms with van der Waals surface area (Å²) in [5.41, 5.74) is 9.40. The van der Waals surface area contributed by atoms with E-state index in [0.29, 0.717) is 37.9 Å². The highest BCUT2D eigenvalue weighted by molar-refractivity contribution is 5.84. The summed E-state index contributed by atoms with van der Waals surface area (Å²) in [6, 6.07) is 16.0. The minimum absolute atomic E-state index is 0.0294. The molecule has 2 aromatic carbocycles. The van der Waals surface area contributed by atoms with Crippen molar-refractivity contribution < 1.29 is 9.53 Å². The van der Waals surface area contributed by atoms with Gasteiger partial charge in [0, 0.05) is 49.9 Å². The number of aromatic nitrogens is 2. The van der Waals surface area contributed by atoms with E-state index in [1.165, 1.54) is 19.3 Å². The lowest BCUT2D eigenvalue weighted by molar-refractivity contribution is -0.135. The molecule has 1 aliphatic heterocycles. The van der Waals surface area contributed by atoms with Crippen LogP contribution in [0.25, 0.3) is 0 Å². The SMILES string of the molecule is CC1c2cc(Oc3ccccc3)ccc2N=C(N)N1CCCC(=O)N(Cc1cnn(C)c1)C1CCCCC1. The second-order valence-corrected chi connectivity index (χ2v) is 10.4. The van der Waals surface area contributed by atoms with Crippen molar-refractivity contribution in [1.82, 2.24) is 19.6 Å². The van der Waals surface area contributed by atoms with Gasteiger partial charge in [-0.1, -0.05) is 37.5 Å². The molecule has 1 saturated carbocycles. The molecule has 1 atom stereocenters. The van der Waals surface area contributed by atoms with E-state index in [9.17, 15) is 4.79 Å². The number of hydrogen-bond acceptors (Lipinski definition) is 6. The van der Waals surface area contributed by atoms with Crippen molar-refractivity contribution in [2.75, 3.05) is 6.54 Å². The monoisotopic (exact) mass is 514 g/mol. The number of aliphatic imine (C=N–C) groups is 1. The van der Waals surface area contributed by atoms with E-state index in [1.54, 1.807) is 4.68 Å². The molecule has 5 rings (SSSR count). The van der Waals surface area contributed by atoms with Gasteiger partial charge in [0.2, 0.25) is 5.91 Å². The molecular formula is C30H38N6O2. The van der Waals surface area contributed by atoms with Gasteiger partial charge in [0.25, 0.3) is 0 Å². The largest absolute Gasteiger partial charge is 0.457 e. The van der Waals surface area contributed by atoms with Crippen molar-refractivity contribution in [3.8, 4) is 11.5 Å². The van der Waals surface area contributed by atoms with Crippen LogP contribution in [-0.4, -0.2) is 44.0 Å². The molecule has 0 saturated heterocycles. The number of fused-ring (bicyclic) bond motifs is 1. The Kier molecular flexibility index (Phi) is 7.96. The van der Waals surface area contributed by atoms with E-state index in [1.807, 2.05) is 68.0 Å². The van der Waals surface area contributed by atoms with Crippen LogP contribution in [0.5, 0.6) is 11.5 Å². The predicted octanol–water partition coefficient (Wildman–Crippen LogP) is 5.68. The van der Waals surface area contributed by atoms with Crippen molar-refractivity contribution >= 4 is 17.6 Å². The average molecular weight is 515 g/mol. The second kappa shape index (κ2) is 11.7. The third kappa shape index (κ3) is 6.01. The molecule has 8 nitrogen and oxygen atoms in total. The highest BCUT2D eigenvalue weighted by atomic mass is 16.5. The van der Waals surface area contributed by atoms with Gasteiger partial charge in [0.05, 0.1) is 17.9 Å². The summed E-state index contributed by atoms with van der Waals surface area (Å²) < 4.78 is 7.85. The van der Waals surface area contributed by atoms with Gasteiger partial charge in [-0.15, -0.1) is 0 Å². The van der Waals surface area contributed by atoms with Crippen LogP contribution < -0.4 is 10.5 Å². The highest BCUT2D eigenvalue weighted by Crippen LogP contribution is 2.37. The van der Waals surface area contributed by atoms with E-state index in [2.05, 4.69) is 26.8 Å². The number of benzene rings is 2. The first-order valence-corrected chi connectivity index (χ1v) is 13.7. The summed E-state index contributed by atoms with van der Waals surface area (Å²) in [6.45, 7) is 3.42. The molecule has 2 heterocycles. The quantitative estimate of drug-likeness (QED) is 0.397. The lowest BCUT2D eigenvalue weighted by Gasteiger charge is -2.36. The molecule has 1 amide bonds. The topological polar surface area (TPSA) is 89.0 Å². The van der Waals surface area contributed by atoms with Crippen molar-refractivity contribution in [2.24, 2.45) is 17.8 Å². The lowest BCUT2D eigenvalue weighted by Crippen LogP contribution is -2.43. The van der Waals surface area contributed by atoms with Gasteiger partial charge in [-0.3, -0.25) is 9.48 Å². The predicted molar refractivity (Wildman–Crippen MR) is 149 cm³/mol. The fraction of sp³-hybridized carbons (Fsp3) is 0.433. The molecular weight excluding hydrogens is 476 g/mol. The third-order valence-electron chi connectivity index (χ3n) is 7.66. The molecule has 200 valence electrons. The third-order valence-corrected chi connectivity index (χ3v) is 7.66. The Morgan fingerprint density at radius 1 is 1.11 bits per heavy atom. The molecule has 2 aliphatic rings. The van der Waals surface area contributed by atoms with Crippen LogP contribution in [0.2, 0.25) is 0 Å². The number of carbonyl (C=O) groups is 1. The molecule has 8 heteroatoms. The number of ether oxygens (including phenoxy) is 1. The zero-order chi connectivity index (χ0) is 26.5. The summed E-state index contributed by atoms with van der Waals surface area (Å²) in [5, 5.41) is 4.30. The van der Waals surface area contributed by atoms with Crippen LogP contribution in [0, 0.1) is 0 Å². The smallest absolute Gasteiger partial charge is 0.223 e. The second-order valence-electron chi connectivity index (χ2n) is 10.4. The first-order chi connectivity index (χ1) is 18.5. The van der Waals surface area contributed by atoms with Gasteiger partial charge in [-0.05, 0) is 56.5 Å². The van der Waals surface area contributed by atoms with Gasteiger partial charge in [-0.2, -0.15) is 5.10 Å². The number of para-hydroxylation sites is 1. The maximum absolute atomic E-state index is 13.5. The lowest BCUT2D eigenvalue weighted by atomic mass is 9.93. The van der Waals surface area contributed by atoms with Crippen molar-refractivity contribution in [1.29, 1.82) is 0 Å². The molecule has 1 aliphatic carbocycles. The van der Waals surface area contributed by atoms with Crippen LogP contribution in [0.3, 0.4) is 0 Å². The number of carbonyl (C=O) groups excluding carboxylic acids is 1. The van der Waals surface area contributed by atoms with Gasteiger partial charge in [-0.25, -0.2) is 4.99 Å². The Balaban J connectivity index is 1.23. The van der Waals surface area contributed by atoms with Crippen LogP contribution in [0.1, 0.15) is 69.0 Å². The molecule has 1 unspecified atom stereocenters. The fourth-order valence-corrected chi connectivity index (χ4v) is 5.63. The standard InChI is InChI=1S/C30H38N6O2/c1-22-27-18-26(38-25-12-7-4-8-13-25)15-16-28(27)33-30(31)35(22)17-9-14-29(37)36(24-10-5-3-6-11-24)21-23-19-32-34(2)20-23/h4,7-8,12-13,15-16,18-20,22,24H,3,5-6,9-11,14,17,21H2,1-2H3,(H2,31,33). The number of guanidine groups is 1. The van der Waals surface area contributed by atoms with E-state index < -0.39 is 0 Å². The van der Waals surface area contributed by atoms with Crippen LogP contribution in [-0.2, 0) is 18.4 Å². The fourth-order valence-electron chi connectivity index (χ4n) is 5.63. The minimum atomic E-state index is 0.0294. The van der Waals surface area contributed by atoms with E-state index in [0.717, 1.165) is 41.2 Å². The Labute approximate surface area is 225 Å². The molecule has 1 aromatic heterocycles. The van der Waals surface area contributed by atoms with E-state index >= 15 is 0 Å². The zero-order valence-corrected chi connectivity index (χ0v) is 22.4. The Bertz CT molecular complexity index is 1260. The van der Waals surface area contributed by atoms with Crippen molar-refractivity contribution in [3.63, 3.8) is 0 Å². The first-order valence-electron chi connectivity index (χ1n) is 13.7. The summed E-state index contributed by atoms with van der Waals surface area (Å²) in [7, 11) is 1.91. The van der Waals surface area contributed by atoms with Crippen LogP contribution in [0.4, 0.5) is 5.69 Å². The van der Waals surface area contributed by atoms with Crippen molar-refractivity contribution in [3.05, 3.63) is 72.1 Å². The summed E-state index contributed by atoms with van der Waals surface area (Å²) in [4.78, 5) is 22.3. The molecule has 1 fully saturated rings.